The summed E-state index contributed by atoms with van der Waals surface area (Å²) in [5.74, 6) is 0. The number of rotatable bonds is 2. The number of aryl methyl sites for hydroxylation is 1. The normalized spacial score (nSPS) is 16.7. The van der Waals surface area contributed by atoms with Gasteiger partial charge in [-0.1, -0.05) is 0 Å². The monoisotopic (exact) mass is 324 g/mol. The maximum absolute atomic E-state index is 12.4. The van der Waals surface area contributed by atoms with E-state index in [0.29, 0.717) is 26.2 Å². The van der Waals surface area contributed by atoms with E-state index in [0.717, 1.165) is 15.3 Å². The topological polar surface area (TPSA) is 93.4 Å². The van der Waals surface area contributed by atoms with Gasteiger partial charge in [0.15, 0.2) is 4.90 Å². The molecule has 1 fully saturated rings. The van der Waals surface area contributed by atoms with E-state index < -0.39 is 21.3 Å². The van der Waals surface area contributed by atoms with E-state index in [1.54, 1.807) is 0 Å². The Morgan fingerprint density at radius 1 is 1.15 bits per heavy atom. The molecule has 2 heterocycles. The summed E-state index contributed by atoms with van der Waals surface area (Å²) >= 11 is 0. The van der Waals surface area contributed by atoms with Crippen LogP contribution in [0.2, 0.25) is 0 Å². The minimum Gasteiger partial charge on any atom is -0.314 e. The number of aromatic nitrogens is 2. The summed E-state index contributed by atoms with van der Waals surface area (Å²) in [5.41, 5.74) is -1.34. The lowest BCUT2D eigenvalue weighted by molar-refractivity contribution is 0.359. The van der Waals surface area contributed by atoms with Crippen LogP contribution in [0.3, 0.4) is 0 Å². The first kappa shape index (κ1) is 16.9. The molecule has 0 atom stereocenters. The molecule has 20 heavy (non-hydrogen) atoms. The highest BCUT2D eigenvalue weighted by molar-refractivity contribution is 7.89. The minimum absolute atomic E-state index is 0. The Hall–Kier alpha value is -1.16. The van der Waals surface area contributed by atoms with Gasteiger partial charge in [0.1, 0.15) is 0 Å². The van der Waals surface area contributed by atoms with Crippen LogP contribution in [0.4, 0.5) is 0 Å². The summed E-state index contributed by atoms with van der Waals surface area (Å²) in [6.45, 7) is 1.72. The van der Waals surface area contributed by atoms with E-state index in [4.69, 9.17) is 0 Å². The van der Waals surface area contributed by atoms with Crippen molar-refractivity contribution in [3.05, 3.63) is 27.0 Å². The molecule has 114 valence electrons. The first-order valence-corrected chi connectivity index (χ1v) is 7.27. The van der Waals surface area contributed by atoms with Gasteiger partial charge in [-0.3, -0.25) is 9.36 Å². The Labute approximate surface area is 122 Å². The van der Waals surface area contributed by atoms with E-state index in [9.17, 15) is 18.0 Å². The Morgan fingerprint density at radius 3 is 2.25 bits per heavy atom. The van der Waals surface area contributed by atoms with E-state index in [2.05, 4.69) is 5.32 Å². The lowest BCUT2D eigenvalue weighted by Gasteiger charge is -2.26. The zero-order valence-electron chi connectivity index (χ0n) is 11.2. The van der Waals surface area contributed by atoms with Crippen LogP contribution in [0.1, 0.15) is 0 Å². The molecule has 1 aliphatic heterocycles. The standard InChI is InChI=1S/C10H16N4O4S.ClH/c1-12-7-8(9(15)13(2)10(12)16)19(17,18)14-5-3-11-4-6-14;/h7,11H,3-6H2,1-2H3;1H. The smallest absolute Gasteiger partial charge is 0.314 e. The second-order valence-electron chi connectivity index (χ2n) is 4.41. The van der Waals surface area contributed by atoms with Crippen LogP contribution in [0.25, 0.3) is 0 Å². The van der Waals surface area contributed by atoms with Crippen molar-refractivity contribution in [2.24, 2.45) is 14.1 Å². The Balaban J connectivity index is 0.00000200. The average molecular weight is 325 g/mol. The van der Waals surface area contributed by atoms with Crippen molar-refractivity contribution in [2.75, 3.05) is 26.2 Å². The highest BCUT2D eigenvalue weighted by atomic mass is 35.5. The molecule has 0 saturated carbocycles. The maximum atomic E-state index is 12.4. The van der Waals surface area contributed by atoms with Crippen molar-refractivity contribution in [3.8, 4) is 0 Å². The van der Waals surface area contributed by atoms with Crippen molar-refractivity contribution in [2.45, 2.75) is 4.90 Å². The van der Waals surface area contributed by atoms with Crippen LogP contribution in [-0.2, 0) is 24.1 Å². The molecule has 0 aromatic carbocycles. The fourth-order valence-electron chi connectivity index (χ4n) is 1.98. The van der Waals surface area contributed by atoms with E-state index >= 15 is 0 Å². The van der Waals surface area contributed by atoms with E-state index in [1.807, 2.05) is 0 Å². The maximum Gasteiger partial charge on any atom is 0.330 e. The molecular weight excluding hydrogens is 308 g/mol. The Kier molecular flexibility index (Phi) is 5.14. The first-order chi connectivity index (χ1) is 8.85. The van der Waals surface area contributed by atoms with Gasteiger partial charge in [-0.15, -0.1) is 12.4 Å². The molecule has 0 radical (unpaired) electrons. The Morgan fingerprint density at radius 2 is 1.70 bits per heavy atom. The third-order valence-corrected chi connectivity index (χ3v) is 4.99. The molecule has 1 saturated heterocycles. The van der Waals surface area contributed by atoms with Crippen LogP contribution in [0.5, 0.6) is 0 Å². The predicted octanol–water partition coefficient (Wildman–Crippen LogP) is -1.90. The number of sulfonamides is 1. The molecule has 1 aromatic rings. The van der Waals surface area contributed by atoms with Crippen molar-refractivity contribution in [1.29, 1.82) is 0 Å². The molecule has 2 rings (SSSR count). The number of piperazine rings is 1. The van der Waals surface area contributed by atoms with Gasteiger partial charge in [-0.25, -0.2) is 13.2 Å². The summed E-state index contributed by atoms with van der Waals surface area (Å²) in [5, 5.41) is 3.04. The molecule has 0 aliphatic carbocycles. The molecule has 0 amide bonds. The van der Waals surface area contributed by atoms with Gasteiger partial charge >= 0.3 is 5.69 Å². The van der Waals surface area contributed by atoms with Crippen molar-refractivity contribution >= 4 is 22.4 Å². The van der Waals surface area contributed by atoms with E-state index in [-0.39, 0.29) is 17.3 Å². The SMILES string of the molecule is Cl.Cn1cc(S(=O)(=O)N2CCNCC2)c(=O)n(C)c1=O. The zero-order valence-corrected chi connectivity index (χ0v) is 12.8. The van der Waals surface area contributed by atoms with Crippen molar-refractivity contribution in [1.82, 2.24) is 18.8 Å². The lowest BCUT2D eigenvalue weighted by Crippen LogP contribution is -2.49. The average Bonchev–Trinajstić information content (AvgIpc) is 2.41. The van der Waals surface area contributed by atoms with Gasteiger partial charge in [0.25, 0.3) is 5.56 Å². The highest BCUT2D eigenvalue weighted by Crippen LogP contribution is 2.10. The number of halogens is 1. The van der Waals surface area contributed by atoms with Gasteiger partial charge in [-0.05, 0) is 0 Å². The third-order valence-electron chi connectivity index (χ3n) is 3.11. The van der Waals surface area contributed by atoms with Gasteiger partial charge in [0, 0.05) is 46.5 Å². The van der Waals surface area contributed by atoms with Gasteiger partial charge < -0.3 is 9.88 Å². The van der Waals surface area contributed by atoms with Crippen molar-refractivity contribution < 1.29 is 8.42 Å². The van der Waals surface area contributed by atoms with Crippen LogP contribution in [0, 0.1) is 0 Å². The number of hydrogen-bond acceptors (Lipinski definition) is 5. The number of nitrogens with zero attached hydrogens (tertiary/aromatic N) is 3. The number of nitrogens with one attached hydrogen (secondary N) is 1. The minimum atomic E-state index is -3.85. The lowest BCUT2D eigenvalue weighted by atomic mass is 10.4. The Bertz CT molecular complexity index is 703. The fraction of sp³-hybridized carbons (Fsp3) is 0.600. The molecule has 8 nitrogen and oxygen atoms in total. The summed E-state index contributed by atoms with van der Waals surface area (Å²) in [4.78, 5) is 23.1. The summed E-state index contributed by atoms with van der Waals surface area (Å²) in [6, 6.07) is 0. The highest BCUT2D eigenvalue weighted by Gasteiger charge is 2.29. The molecular formula is C10H17ClN4O4S. The first-order valence-electron chi connectivity index (χ1n) is 5.83. The largest absolute Gasteiger partial charge is 0.330 e. The van der Waals surface area contributed by atoms with Gasteiger partial charge in [0.2, 0.25) is 10.0 Å². The van der Waals surface area contributed by atoms with Crippen molar-refractivity contribution in [3.63, 3.8) is 0 Å². The molecule has 0 spiro atoms. The second-order valence-corrected chi connectivity index (χ2v) is 6.31. The fourth-order valence-corrected chi connectivity index (χ4v) is 3.57. The predicted molar refractivity (Wildman–Crippen MR) is 75.8 cm³/mol. The van der Waals surface area contributed by atoms with Crippen LogP contribution >= 0.6 is 12.4 Å². The summed E-state index contributed by atoms with van der Waals surface area (Å²) in [6.07, 6.45) is 1.09. The molecule has 1 N–H and O–H groups in total. The molecule has 0 bridgehead atoms. The summed E-state index contributed by atoms with van der Waals surface area (Å²) in [7, 11) is -1.17. The molecule has 1 aliphatic rings. The molecule has 1 aromatic heterocycles. The van der Waals surface area contributed by atoms with E-state index in [1.165, 1.54) is 18.4 Å². The molecule has 10 heteroatoms. The number of hydrogen-bond donors (Lipinski definition) is 1. The zero-order chi connectivity index (χ0) is 14.2. The van der Waals surface area contributed by atoms with Gasteiger partial charge in [0.05, 0.1) is 0 Å². The van der Waals surface area contributed by atoms with Gasteiger partial charge in [-0.2, -0.15) is 4.31 Å². The van der Waals surface area contributed by atoms with Crippen LogP contribution in [0.15, 0.2) is 20.7 Å². The second kappa shape index (κ2) is 6.08. The molecule has 0 unspecified atom stereocenters. The third kappa shape index (κ3) is 2.80. The summed E-state index contributed by atoms with van der Waals surface area (Å²) < 4.78 is 27.9. The quantitative estimate of drug-likeness (QED) is 0.686. The van der Waals surface area contributed by atoms with Crippen LogP contribution in [-0.4, -0.2) is 48.0 Å². The van der Waals surface area contributed by atoms with Crippen LogP contribution < -0.4 is 16.6 Å².